The Balaban J connectivity index is 3.65. The van der Waals surface area contributed by atoms with E-state index in [1.807, 2.05) is 0 Å². The number of amides is 1. The van der Waals surface area contributed by atoms with Crippen LogP contribution in [0.5, 0.6) is 0 Å². The van der Waals surface area contributed by atoms with Crippen molar-refractivity contribution in [1.82, 2.24) is 5.32 Å². The van der Waals surface area contributed by atoms with Crippen LogP contribution in [-0.4, -0.2) is 42.7 Å². The molecule has 0 saturated carbocycles. The van der Waals surface area contributed by atoms with Crippen molar-refractivity contribution >= 4 is 19.5 Å². The van der Waals surface area contributed by atoms with E-state index in [0.717, 1.165) is 0 Å². The van der Waals surface area contributed by atoms with E-state index in [9.17, 15) is 27.3 Å². The Hall–Kier alpha value is -1.98. The normalized spacial score (nSPS) is 14.5. The van der Waals surface area contributed by atoms with Crippen LogP contribution in [0, 0.1) is 0 Å². The molecule has 1 N–H and O–H groups in total. The minimum Gasteiger partial charge on any atom is -0.467 e. The largest absolute Gasteiger partial charge is 0.467 e. The van der Waals surface area contributed by atoms with Gasteiger partial charge in [0, 0.05) is 5.56 Å². The molecule has 0 bridgehead atoms. The lowest BCUT2D eigenvalue weighted by molar-refractivity contribution is -0.302. The molecule has 0 fully saturated rings. The highest BCUT2D eigenvalue weighted by Gasteiger charge is 2.77. The van der Waals surface area contributed by atoms with E-state index in [1.165, 1.54) is 63.3 Å². The van der Waals surface area contributed by atoms with Crippen molar-refractivity contribution in [3.8, 4) is 0 Å². The summed E-state index contributed by atoms with van der Waals surface area (Å²) in [5.74, 6) is -3.57. The summed E-state index contributed by atoms with van der Waals surface area (Å²) in [6.45, 7) is 5.40. The number of alkyl halides is 3. The third-order valence-electron chi connectivity index (χ3n) is 3.30. The SMILES string of the molecule is COC(=O)C(NC(=O)c1ccccc1)(C(F)(F)F)P(=O)(OOC(C)C)OOC(C)C. The van der Waals surface area contributed by atoms with Crippen LogP contribution in [0.1, 0.15) is 38.1 Å². The molecule has 1 aromatic rings. The van der Waals surface area contributed by atoms with Crippen molar-refractivity contribution in [2.75, 3.05) is 7.11 Å². The average Bonchev–Trinajstić information content (AvgIpc) is 2.67. The number of methoxy groups -OCH3 is 1. The number of ether oxygens (including phenoxy) is 1. The summed E-state index contributed by atoms with van der Waals surface area (Å²) in [6, 6.07) is 6.61. The number of rotatable bonds is 10. The van der Waals surface area contributed by atoms with Gasteiger partial charge in [-0.25, -0.2) is 14.6 Å². The molecule has 13 heteroatoms. The van der Waals surface area contributed by atoms with E-state index in [-0.39, 0.29) is 5.56 Å². The molecule has 170 valence electrons. The Morgan fingerprint density at radius 3 is 1.80 bits per heavy atom. The zero-order chi connectivity index (χ0) is 23.2. The Kier molecular flexibility index (Phi) is 9.00. The third kappa shape index (κ3) is 5.79. The van der Waals surface area contributed by atoms with Gasteiger partial charge in [-0.15, -0.1) is 9.35 Å². The second kappa shape index (κ2) is 10.4. The minimum absolute atomic E-state index is 0.267. The van der Waals surface area contributed by atoms with Crippen molar-refractivity contribution in [3.05, 3.63) is 35.9 Å². The van der Waals surface area contributed by atoms with Crippen LogP contribution >= 0.6 is 7.60 Å². The van der Waals surface area contributed by atoms with Gasteiger partial charge in [-0.3, -0.25) is 9.36 Å². The standard InChI is InChI=1S/C17H23F3NO8P/c1-11(2)26-28-30(24,29-27-12(3)4)16(15(23)25-5,17(18,19)20)21-14(22)13-9-7-6-8-10-13/h6-12H,1-5H3,(H,21,22). The number of carbonyl (C=O) groups is 2. The van der Waals surface area contributed by atoms with Gasteiger partial charge in [0.05, 0.1) is 19.3 Å². The Bertz CT molecular complexity index is 756. The molecule has 0 aromatic heterocycles. The Morgan fingerprint density at radius 1 is 0.967 bits per heavy atom. The topological polar surface area (TPSA) is 109 Å². The summed E-state index contributed by atoms with van der Waals surface area (Å²) < 4.78 is 69.3. The molecule has 0 radical (unpaired) electrons. The quantitative estimate of drug-likeness (QED) is 0.245. The van der Waals surface area contributed by atoms with Gasteiger partial charge in [-0.2, -0.15) is 13.2 Å². The molecular weight excluding hydrogens is 434 g/mol. The molecule has 9 nitrogen and oxygen atoms in total. The zero-order valence-electron chi connectivity index (χ0n) is 16.9. The summed E-state index contributed by atoms with van der Waals surface area (Å²) in [5.41, 5.74) is -0.267. The molecule has 0 aliphatic carbocycles. The van der Waals surface area contributed by atoms with Crippen LogP contribution in [0.2, 0.25) is 0 Å². The van der Waals surface area contributed by atoms with Gasteiger partial charge in [0.2, 0.25) is 0 Å². The molecular formula is C17H23F3NO8P. The molecule has 0 aliphatic heterocycles. The van der Waals surface area contributed by atoms with E-state index in [4.69, 9.17) is 0 Å². The molecule has 1 rings (SSSR count). The summed E-state index contributed by atoms with van der Waals surface area (Å²) in [5, 5.41) is -2.89. The average molecular weight is 457 g/mol. The van der Waals surface area contributed by atoms with Crippen molar-refractivity contribution < 1.29 is 51.2 Å². The van der Waals surface area contributed by atoms with Crippen LogP contribution in [0.3, 0.4) is 0 Å². The van der Waals surface area contributed by atoms with E-state index in [0.29, 0.717) is 7.11 Å². The van der Waals surface area contributed by atoms with Crippen LogP contribution in [0.25, 0.3) is 0 Å². The summed E-state index contributed by atoms with van der Waals surface area (Å²) in [6.07, 6.45) is -7.51. The highest BCUT2D eigenvalue weighted by atomic mass is 31.2. The molecule has 1 aromatic carbocycles. The lowest BCUT2D eigenvalue weighted by Gasteiger charge is -2.36. The van der Waals surface area contributed by atoms with E-state index in [2.05, 4.69) is 23.9 Å². The van der Waals surface area contributed by atoms with Crippen LogP contribution in [0.15, 0.2) is 30.3 Å². The smallest absolute Gasteiger partial charge is 0.434 e. The number of esters is 1. The first kappa shape index (κ1) is 26.1. The van der Waals surface area contributed by atoms with Gasteiger partial charge in [0.1, 0.15) is 0 Å². The number of carbonyl (C=O) groups excluding carboxylic acids is 2. The monoisotopic (exact) mass is 457 g/mol. The highest BCUT2D eigenvalue weighted by molar-refractivity contribution is 7.56. The summed E-state index contributed by atoms with van der Waals surface area (Å²) >= 11 is 0. The molecule has 1 amide bonds. The summed E-state index contributed by atoms with van der Waals surface area (Å²) in [7, 11) is -5.21. The molecule has 1 unspecified atom stereocenters. The zero-order valence-corrected chi connectivity index (χ0v) is 17.8. The second-order valence-electron chi connectivity index (χ2n) is 6.46. The molecule has 0 saturated heterocycles. The third-order valence-corrected chi connectivity index (χ3v) is 5.23. The molecule has 0 heterocycles. The Labute approximate surface area is 171 Å². The minimum atomic E-state index is -5.81. The lowest BCUT2D eigenvalue weighted by Crippen LogP contribution is -2.64. The van der Waals surface area contributed by atoms with Crippen LogP contribution in [0.4, 0.5) is 13.2 Å². The lowest BCUT2D eigenvalue weighted by atomic mass is 10.2. The van der Waals surface area contributed by atoms with Gasteiger partial charge in [0.15, 0.2) is 0 Å². The molecule has 1 atom stereocenters. The molecule has 0 spiro atoms. The highest BCUT2D eigenvalue weighted by Crippen LogP contribution is 2.65. The Morgan fingerprint density at radius 2 is 1.43 bits per heavy atom. The van der Waals surface area contributed by atoms with E-state index < -0.39 is 43.1 Å². The van der Waals surface area contributed by atoms with Gasteiger partial charge in [-0.1, -0.05) is 18.2 Å². The van der Waals surface area contributed by atoms with Crippen molar-refractivity contribution in [1.29, 1.82) is 0 Å². The van der Waals surface area contributed by atoms with Crippen molar-refractivity contribution in [2.24, 2.45) is 0 Å². The second-order valence-corrected chi connectivity index (χ2v) is 8.42. The predicted molar refractivity (Wildman–Crippen MR) is 96.9 cm³/mol. The van der Waals surface area contributed by atoms with Gasteiger partial charge < -0.3 is 10.1 Å². The van der Waals surface area contributed by atoms with Gasteiger partial charge in [-0.05, 0) is 39.8 Å². The molecule has 0 aliphatic rings. The molecule has 30 heavy (non-hydrogen) atoms. The maximum atomic E-state index is 14.3. The van der Waals surface area contributed by atoms with Crippen LogP contribution in [-0.2, 0) is 33.2 Å². The first-order chi connectivity index (χ1) is 13.8. The van der Waals surface area contributed by atoms with Crippen molar-refractivity contribution in [3.63, 3.8) is 0 Å². The first-order valence-electron chi connectivity index (χ1n) is 8.63. The predicted octanol–water partition coefficient (Wildman–Crippen LogP) is 3.75. The fraction of sp³-hybridized carbons (Fsp3) is 0.529. The van der Waals surface area contributed by atoms with Gasteiger partial charge in [0.25, 0.3) is 5.91 Å². The number of hydrogen-bond donors (Lipinski definition) is 1. The van der Waals surface area contributed by atoms with Crippen molar-refractivity contribution in [2.45, 2.75) is 51.4 Å². The van der Waals surface area contributed by atoms with E-state index in [1.54, 1.807) is 0 Å². The fourth-order valence-corrected chi connectivity index (χ4v) is 3.64. The van der Waals surface area contributed by atoms with Crippen LogP contribution < -0.4 is 5.32 Å². The first-order valence-corrected chi connectivity index (χ1v) is 10.2. The number of benzene rings is 1. The number of hydrogen-bond acceptors (Lipinski definition) is 8. The maximum absolute atomic E-state index is 14.3. The number of halogens is 3. The fourth-order valence-electron chi connectivity index (χ4n) is 1.96. The number of nitrogens with one attached hydrogen (secondary N) is 1. The summed E-state index contributed by atoms with van der Waals surface area (Å²) in [4.78, 5) is 34.1. The maximum Gasteiger partial charge on any atom is 0.434 e. The van der Waals surface area contributed by atoms with E-state index >= 15 is 0 Å². The van der Waals surface area contributed by atoms with Gasteiger partial charge >= 0.3 is 25.0 Å².